The van der Waals surface area contributed by atoms with Gasteiger partial charge >= 0.3 is 0 Å². The van der Waals surface area contributed by atoms with E-state index in [0.717, 1.165) is 5.75 Å². The number of nitrogens with two attached hydrogens (primary N) is 1. The number of hydrogen-bond donors (Lipinski definition) is 1. The molecule has 0 fully saturated rings. The SMILES string of the molecule is Cc1cc(C)c(C(N)COc2ccccc2)cc1C. The van der Waals surface area contributed by atoms with Crippen LogP contribution in [-0.4, -0.2) is 6.61 Å². The maximum absolute atomic E-state index is 6.24. The summed E-state index contributed by atoms with van der Waals surface area (Å²) in [6.07, 6.45) is 0. The second-order valence-corrected chi connectivity index (χ2v) is 5.02. The summed E-state index contributed by atoms with van der Waals surface area (Å²) < 4.78 is 5.72. The molecule has 0 amide bonds. The van der Waals surface area contributed by atoms with E-state index in [2.05, 4.69) is 32.9 Å². The summed E-state index contributed by atoms with van der Waals surface area (Å²) in [5.41, 5.74) is 11.2. The summed E-state index contributed by atoms with van der Waals surface area (Å²) in [6, 6.07) is 14.0. The van der Waals surface area contributed by atoms with Crippen LogP contribution in [0.25, 0.3) is 0 Å². The first-order valence-corrected chi connectivity index (χ1v) is 6.59. The number of ether oxygens (including phenoxy) is 1. The Kier molecular flexibility index (Phi) is 4.23. The topological polar surface area (TPSA) is 35.2 Å². The fraction of sp³-hybridized carbons (Fsp3) is 0.294. The highest BCUT2D eigenvalue weighted by molar-refractivity contribution is 5.38. The zero-order chi connectivity index (χ0) is 13.8. The Morgan fingerprint density at radius 3 is 2.26 bits per heavy atom. The van der Waals surface area contributed by atoms with Crippen LogP contribution in [0.4, 0.5) is 0 Å². The van der Waals surface area contributed by atoms with Gasteiger partial charge in [-0.05, 0) is 55.2 Å². The van der Waals surface area contributed by atoms with Crippen molar-refractivity contribution in [3.63, 3.8) is 0 Å². The Labute approximate surface area is 115 Å². The first kappa shape index (κ1) is 13.6. The molecule has 2 aromatic carbocycles. The number of benzene rings is 2. The lowest BCUT2D eigenvalue weighted by Crippen LogP contribution is -2.20. The number of aryl methyl sites for hydroxylation is 3. The third-order valence-corrected chi connectivity index (χ3v) is 3.45. The van der Waals surface area contributed by atoms with Gasteiger partial charge in [-0.1, -0.05) is 30.3 Å². The summed E-state index contributed by atoms with van der Waals surface area (Å²) >= 11 is 0. The van der Waals surface area contributed by atoms with Gasteiger partial charge in [0, 0.05) is 0 Å². The standard InChI is InChI=1S/C17H21NO/c1-12-9-14(3)16(10-13(12)2)17(18)11-19-15-7-5-4-6-8-15/h4-10,17H,11,18H2,1-3H3. The van der Waals surface area contributed by atoms with E-state index in [1.165, 1.54) is 22.3 Å². The van der Waals surface area contributed by atoms with Crippen molar-refractivity contribution in [2.45, 2.75) is 26.8 Å². The molecule has 0 saturated carbocycles. The molecule has 0 aliphatic heterocycles. The van der Waals surface area contributed by atoms with E-state index in [1.54, 1.807) is 0 Å². The molecule has 0 saturated heterocycles. The van der Waals surface area contributed by atoms with Crippen molar-refractivity contribution in [2.24, 2.45) is 5.73 Å². The predicted molar refractivity (Wildman–Crippen MR) is 79.5 cm³/mol. The van der Waals surface area contributed by atoms with Gasteiger partial charge in [-0.3, -0.25) is 0 Å². The van der Waals surface area contributed by atoms with Gasteiger partial charge in [0.2, 0.25) is 0 Å². The van der Waals surface area contributed by atoms with Crippen molar-refractivity contribution < 1.29 is 4.74 Å². The molecule has 0 bridgehead atoms. The Balaban J connectivity index is 2.08. The van der Waals surface area contributed by atoms with Crippen molar-refractivity contribution in [3.8, 4) is 5.75 Å². The van der Waals surface area contributed by atoms with Crippen molar-refractivity contribution in [1.82, 2.24) is 0 Å². The molecule has 2 rings (SSSR count). The molecule has 2 aromatic rings. The first-order valence-electron chi connectivity index (χ1n) is 6.59. The molecular weight excluding hydrogens is 234 g/mol. The molecule has 0 spiro atoms. The molecule has 2 heteroatoms. The average Bonchev–Trinajstić information content (AvgIpc) is 2.41. The lowest BCUT2D eigenvalue weighted by molar-refractivity contribution is 0.290. The van der Waals surface area contributed by atoms with E-state index in [4.69, 9.17) is 10.5 Å². The Hall–Kier alpha value is -1.80. The maximum atomic E-state index is 6.24. The molecule has 1 unspecified atom stereocenters. The molecule has 0 aliphatic carbocycles. The number of rotatable bonds is 4. The highest BCUT2D eigenvalue weighted by Crippen LogP contribution is 2.21. The van der Waals surface area contributed by atoms with Crippen LogP contribution in [0.5, 0.6) is 5.75 Å². The zero-order valence-electron chi connectivity index (χ0n) is 11.8. The quantitative estimate of drug-likeness (QED) is 0.904. The van der Waals surface area contributed by atoms with Gasteiger partial charge in [0.1, 0.15) is 12.4 Å². The Morgan fingerprint density at radius 1 is 0.947 bits per heavy atom. The summed E-state index contributed by atoms with van der Waals surface area (Å²) in [5, 5.41) is 0. The second-order valence-electron chi connectivity index (χ2n) is 5.02. The fourth-order valence-electron chi connectivity index (χ4n) is 2.17. The van der Waals surface area contributed by atoms with Crippen LogP contribution >= 0.6 is 0 Å². The van der Waals surface area contributed by atoms with Crippen LogP contribution in [0.15, 0.2) is 42.5 Å². The Bertz CT molecular complexity index is 549. The van der Waals surface area contributed by atoms with Gasteiger partial charge < -0.3 is 10.5 Å². The van der Waals surface area contributed by atoms with E-state index in [-0.39, 0.29) is 6.04 Å². The summed E-state index contributed by atoms with van der Waals surface area (Å²) in [6.45, 7) is 6.83. The smallest absolute Gasteiger partial charge is 0.119 e. The molecule has 0 radical (unpaired) electrons. The molecule has 2 nitrogen and oxygen atoms in total. The fourth-order valence-corrected chi connectivity index (χ4v) is 2.17. The molecule has 0 heterocycles. The Morgan fingerprint density at radius 2 is 1.58 bits per heavy atom. The highest BCUT2D eigenvalue weighted by atomic mass is 16.5. The second kappa shape index (κ2) is 5.89. The minimum atomic E-state index is -0.0977. The molecule has 100 valence electrons. The van der Waals surface area contributed by atoms with Gasteiger partial charge in [-0.25, -0.2) is 0 Å². The normalized spacial score (nSPS) is 12.2. The summed E-state index contributed by atoms with van der Waals surface area (Å²) in [7, 11) is 0. The number of hydrogen-bond acceptors (Lipinski definition) is 2. The zero-order valence-corrected chi connectivity index (χ0v) is 11.8. The van der Waals surface area contributed by atoms with Crippen LogP contribution in [-0.2, 0) is 0 Å². The van der Waals surface area contributed by atoms with Crippen LogP contribution < -0.4 is 10.5 Å². The van der Waals surface area contributed by atoms with Crippen molar-refractivity contribution in [3.05, 3.63) is 64.7 Å². The maximum Gasteiger partial charge on any atom is 0.119 e. The molecule has 1 atom stereocenters. The third kappa shape index (κ3) is 3.36. The van der Waals surface area contributed by atoms with E-state index in [0.29, 0.717) is 6.61 Å². The third-order valence-electron chi connectivity index (χ3n) is 3.45. The van der Waals surface area contributed by atoms with E-state index < -0.39 is 0 Å². The van der Waals surface area contributed by atoms with Crippen molar-refractivity contribution in [1.29, 1.82) is 0 Å². The molecule has 19 heavy (non-hydrogen) atoms. The summed E-state index contributed by atoms with van der Waals surface area (Å²) in [5.74, 6) is 0.861. The predicted octanol–water partition coefficient (Wildman–Crippen LogP) is 3.69. The van der Waals surface area contributed by atoms with Crippen LogP contribution in [0.3, 0.4) is 0 Å². The van der Waals surface area contributed by atoms with Gasteiger partial charge in [0.15, 0.2) is 0 Å². The van der Waals surface area contributed by atoms with E-state index >= 15 is 0 Å². The highest BCUT2D eigenvalue weighted by Gasteiger charge is 2.11. The van der Waals surface area contributed by atoms with Gasteiger partial charge in [0.25, 0.3) is 0 Å². The van der Waals surface area contributed by atoms with Crippen molar-refractivity contribution >= 4 is 0 Å². The molecule has 0 aliphatic rings. The van der Waals surface area contributed by atoms with Gasteiger partial charge in [0.05, 0.1) is 6.04 Å². The van der Waals surface area contributed by atoms with Gasteiger partial charge in [-0.15, -0.1) is 0 Å². The van der Waals surface area contributed by atoms with Crippen molar-refractivity contribution in [2.75, 3.05) is 6.61 Å². The molecule has 2 N–H and O–H groups in total. The minimum absolute atomic E-state index is 0.0977. The monoisotopic (exact) mass is 255 g/mol. The molecular formula is C17H21NO. The van der Waals surface area contributed by atoms with Gasteiger partial charge in [-0.2, -0.15) is 0 Å². The lowest BCUT2D eigenvalue weighted by Gasteiger charge is -2.17. The lowest BCUT2D eigenvalue weighted by atomic mass is 9.96. The average molecular weight is 255 g/mol. The first-order chi connectivity index (χ1) is 9.08. The van der Waals surface area contributed by atoms with Crippen LogP contribution in [0.2, 0.25) is 0 Å². The summed E-state index contributed by atoms with van der Waals surface area (Å²) in [4.78, 5) is 0. The molecule has 0 aromatic heterocycles. The number of para-hydroxylation sites is 1. The van der Waals surface area contributed by atoms with Crippen LogP contribution in [0, 0.1) is 20.8 Å². The van der Waals surface area contributed by atoms with E-state index in [9.17, 15) is 0 Å². The van der Waals surface area contributed by atoms with E-state index in [1.807, 2.05) is 30.3 Å². The van der Waals surface area contributed by atoms with Crippen LogP contribution in [0.1, 0.15) is 28.3 Å². The minimum Gasteiger partial charge on any atom is -0.492 e. The largest absolute Gasteiger partial charge is 0.492 e.